The van der Waals surface area contributed by atoms with Crippen LogP contribution in [-0.4, -0.2) is 12.1 Å². The van der Waals surface area contributed by atoms with Crippen molar-refractivity contribution in [1.29, 1.82) is 0 Å². The summed E-state index contributed by atoms with van der Waals surface area (Å²) in [7, 11) is 0. The summed E-state index contributed by atoms with van der Waals surface area (Å²) < 4.78 is 20.0. The first-order valence-electron chi connectivity index (χ1n) is 5.75. The molecule has 4 heteroatoms. The van der Waals surface area contributed by atoms with E-state index in [4.69, 9.17) is 4.74 Å². The normalized spacial score (nSPS) is 13.8. The molecule has 0 radical (unpaired) electrons. The minimum absolute atomic E-state index is 0.153. The third kappa shape index (κ3) is 3.80. The van der Waals surface area contributed by atoms with Crippen LogP contribution in [0.3, 0.4) is 0 Å². The molecule has 0 spiro atoms. The number of esters is 1. The van der Waals surface area contributed by atoms with E-state index in [0.29, 0.717) is 12.0 Å². The maximum Gasteiger partial charge on any atom is 0.336 e. The van der Waals surface area contributed by atoms with Crippen molar-refractivity contribution in [3.8, 4) is 0 Å². The van der Waals surface area contributed by atoms with Gasteiger partial charge in [0, 0.05) is 9.13 Å². The van der Waals surface area contributed by atoms with Crippen LogP contribution in [0, 0.1) is 3.57 Å². The Balaban J connectivity index is 2.79. The van der Waals surface area contributed by atoms with Crippen LogP contribution in [-0.2, 0) is 9.53 Å². The van der Waals surface area contributed by atoms with Gasteiger partial charge in [0.15, 0.2) is 6.17 Å². The van der Waals surface area contributed by atoms with Crippen LogP contribution in [0.1, 0.15) is 32.0 Å². The van der Waals surface area contributed by atoms with E-state index < -0.39 is 12.1 Å². The van der Waals surface area contributed by atoms with Crippen molar-refractivity contribution in [2.24, 2.45) is 0 Å². The highest BCUT2D eigenvalue weighted by molar-refractivity contribution is 14.1. The average molecular weight is 362 g/mol. The molecule has 0 aromatic heterocycles. The molecule has 1 rings (SSSR count). The van der Waals surface area contributed by atoms with Crippen molar-refractivity contribution in [3.05, 3.63) is 45.6 Å². The maximum absolute atomic E-state index is 14.2. The molecule has 2 atom stereocenters. The highest BCUT2D eigenvalue weighted by Crippen LogP contribution is 2.29. The van der Waals surface area contributed by atoms with Crippen molar-refractivity contribution in [1.82, 2.24) is 0 Å². The summed E-state index contributed by atoms with van der Waals surface area (Å²) in [5.41, 5.74) is 0.295. The quantitative estimate of drug-likeness (QED) is 0.446. The van der Waals surface area contributed by atoms with Crippen molar-refractivity contribution >= 4 is 28.6 Å². The van der Waals surface area contributed by atoms with Crippen LogP contribution in [0.25, 0.3) is 0 Å². The second kappa shape index (κ2) is 6.87. The van der Waals surface area contributed by atoms with Gasteiger partial charge >= 0.3 is 5.97 Å². The van der Waals surface area contributed by atoms with Gasteiger partial charge in [-0.1, -0.05) is 31.7 Å². The van der Waals surface area contributed by atoms with Crippen molar-refractivity contribution in [3.63, 3.8) is 0 Å². The minimum atomic E-state index is -1.52. The lowest BCUT2D eigenvalue weighted by Gasteiger charge is -2.15. The fourth-order valence-corrected chi connectivity index (χ4v) is 1.97. The number of hydrogen-bond acceptors (Lipinski definition) is 2. The first-order valence-corrected chi connectivity index (χ1v) is 6.83. The summed E-state index contributed by atoms with van der Waals surface area (Å²) in [5, 5.41) is 0. The molecule has 0 aliphatic heterocycles. The van der Waals surface area contributed by atoms with E-state index in [2.05, 4.69) is 6.58 Å². The molecule has 2 nitrogen and oxygen atoms in total. The molecule has 0 bridgehead atoms. The topological polar surface area (TPSA) is 26.3 Å². The van der Waals surface area contributed by atoms with Gasteiger partial charge in [-0.3, -0.25) is 0 Å². The molecule has 0 saturated carbocycles. The van der Waals surface area contributed by atoms with Gasteiger partial charge in [-0.15, -0.1) is 0 Å². The summed E-state index contributed by atoms with van der Waals surface area (Å²) >= 11 is 2.03. The second-order valence-electron chi connectivity index (χ2n) is 4.03. The molecule has 98 valence electrons. The highest BCUT2D eigenvalue weighted by Gasteiger charge is 2.24. The zero-order chi connectivity index (χ0) is 13.7. The van der Waals surface area contributed by atoms with E-state index in [1.54, 1.807) is 25.1 Å². The second-order valence-corrected chi connectivity index (χ2v) is 5.20. The monoisotopic (exact) mass is 362 g/mol. The molecule has 1 aromatic carbocycles. The van der Waals surface area contributed by atoms with Gasteiger partial charge in [0.2, 0.25) is 0 Å². The lowest BCUT2D eigenvalue weighted by molar-refractivity contribution is -0.144. The Kier molecular flexibility index (Phi) is 5.78. The third-order valence-corrected chi connectivity index (χ3v) is 3.61. The Morgan fingerprint density at radius 1 is 1.50 bits per heavy atom. The zero-order valence-corrected chi connectivity index (χ0v) is 12.6. The van der Waals surface area contributed by atoms with Gasteiger partial charge in [0.25, 0.3) is 0 Å². The van der Waals surface area contributed by atoms with Crippen LogP contribution in [0.4, 0.5) is 4.39 Å². The first kappa shape index (κ1) is 15.1. The average Bonchev–Trinajstić information content (AvgIpc) is 2.37. The third-order valence-electron chi connectivity index (χ3n) is 2.63. The molecular weight excluding hydrogens is 346 g/mol. The standard InChI is InChI=1S/C14H16FIO2/c1-4-9(2)18-14(17)10(3)13(15)11-7-5-6-8-12(11)16/h5-9,13H,3-4H2,1-2H3. The minimum Gasteiger partial charge on any atom is -0.459 e. The van der Waals surface area contributed by atoms with Gasteiger partial charge in [0.05, 0.1) is 11.7 Å². The van der Waals surface area contributed by atoms with Crippen LogP contribution in [0.2, 0.25) is 0 Å². The lowest BCUT2D eigenvalue weighted by Crippen LogP contribution is -2.18. The van der Waals surface area contributed by atoms with Gasteiger partial charge in [0.1, 0.15) is 0 Å². The van der Waals surface area contributed by atoms with E-state index in [9.17, 15) is 9.18 Å². The fraction of sp³-hybridized carbons (Fsp3) is 0.357. The number of benzene rings is 1. The number of alkyl halides is 1. The first-order chi connectivity index (χ1) is 8.47. The van der Waals surface area contributed by atoms with Crippen molar-refractivity contribution < 1.29 is 13.9 Å². The van der Waals surface area contributed by atoms with Gasteiger partial charge in [-0.2, -0.15) is 0 Å². The van der Waals surface area contributed by atoms with E-state index >= 15 is 0 Å². The van der Waals surface area contributed by atoms with E-state index in [1.807, 2.05) is 35.6 Å². The lowest BCUT2D eigenvalue weighted by atomic mass is 10.0. The number of hydrogen-bond donors (Lipinski definition) is 0. The molecule has 0 amide bonds. The van der Waals surface area contributed by atoms with Gasteiger partial charge in [-0.05, 0) is 42.0 Å². The Hall–Kier alpha value is -0.910. The van der Waals surface area contributed by atoms with E-state index in [1.165, 1.54) is 0 Å². The van der Waals surface area contributed by atoms with Crippen molar-refractivity contribution in [2.45, 2.75) is 32.5 Å². The van der Waals surface area contributed by atoms with Crippen LogP contribution in [0.15, 0.2) is 36.4 Å². The Morgan fingerprint density at radius 3 is 2.67 bits per heavy atom. The maximum atomic E-state index is 14.2. The molecule has 18 heavy (non-hydrogen) atoms. The predicted octanol–water partition coefficient (Wildman–Crippen LogP) is 4.20. The number of halogens is 2. The molecule has 0 aliphatic rings. The Morgan fingerprint density at radius 2 is 2.11 bits per heavy atom. The molecule has 0 N–H and O–H groups in total. The van der Waals surface area contributed by atoms with E-state index in [-0.39, 0.29) is 11.7 Å². The number of carbonyl (C=O) groups excluding carboxylic acids is 1. The number of ether oxygens (including phenoxy) is 1. The van der Waals surface area contributed by atoms with Crippen LogP contribution >= 0.6 is 22.6 Å². The van der Waals surface area contributed by atoms with Gasteiger partial charge < -0.3 is 4.74 Å². The molecule has 0 aliphatic carbocycles. The summed E-state index contributed by atoms with van der Waals surface area (Å²) in [6, 6.07) is 6.99. The zero-order valence-electron chi connectivity index (χ0n) is 10.5. The van der Waals surface area contributed by atoms with Gasteiger partial charge in [-0.25, -0.2) is 9.18 Å². The van der Waals surface area contributed by atoms with E-state index in [0.717, 1.165) is 3.57 Å². The summed E-state index contributed by atoms with van der Waals surface area (Å²) in [4.78, 5) is 11.7. The Labute approximate surface area is 120 Å². The molecule has 1 aromatic rings. The smallest absolute Gasteiger partial charge is 0.336 e. The number of carbonyl (C=O) groups is 1. The highest BCUT2D eigenvalue weighted by atomic mass is 127. The molecule has 2 unspecified atom stereocenters. The number of rotatable bonds is 5. The SMILES string of the molecule is C=C(C(=O)OC(C)CC)C(F)c1ccccc1I. The molecule has 0 fully saturated rings. The summed E-state index contributed by atoms with van der Waals surface area (Å²) in [6.45, 7) is 7.17. The summed E-state index contributed by atoms with van der Waals surface area (Å²) in [5.74, 6) is -0.670. The van der Waals surface area contributed by atoms with Crippen LogP contribution < -0.4 is 0 Å². The predicted molar refractivity (Wildman–Crippen MR) is 78.0 cm³/mol. The largest absolute Gasteiger partial charge is 0.459 e. The van der Waals surface area contributed by atoms with Crippen molar-refractivity contribution in [2.75, 3.05) is 0 Å². The Bertz CT molecular complexity index is 445. The van der Waals surface area contributed by atoms with Crippen LogP contribution in [0.5, 0.6) is 0 Å². The molecule has 0 heterocycles. The fourth-order valence-electron chi connectivity index (χ4n) is 1.31. The molecule has 0 saturated heterocycles. The summed E-state index contributed by atoms with van der Waals surface area (Å²) in [6.07, 6.45) is -1.05. The molecular formula is C14H16FIO2.